The summed E-state index contributed by atoms with van der Waals surface area (Å²) >= 11 is 6.12. The van der Waals surface area contributed by atoms with Gasteiger partial charge in [0.2, 0.25) is 0 Å². The van der Waals surface area contributed by atoms with Gasteiger partial charge in [-0.05, 0) is 55.3 Å². The molecule has 0 saturated heterocycles. The third kappa shape index (κ3) is 5.22. The van der Waals surface area contributed by atoms with E-state index < -0.39 is 23.5 Å². The predicted octanol–water partition coefficient (Wildman–Crippen LogP) is 7.16. The van der Waals surface area contributed by atoms with Gasteiger partial charge in [-0.1, -0.05) is 48.0 Å². The molecule has 1 aromatic heterocycles. The maximum Gasteiger partial charge on any atom is 0.511 e. The fourth-order valence-corrected chi connectivity index (χ4v) is 3.88. The Hall–Kier alpha value is -3.82. The quantitative estimate of drug-likeness (QED) is 0.217. The minimum atomic E-state index is -4.60. The van der Waals surface area contributed by atoms with E-state index in [1.54, 1.807) is 36.4 Å². The van der Waals surface area contributed by atoms with Crippen molar-refractivity contribution in [3.05, 3.63) is 89.2 Å². The number of rotatable bonds is 5. The first-order valence-corrected chi connectivity index (χ1v) is 11.0. The van der Waals surface area contributed by atoms with E-state index >= 15 is 0 Å². The van der Waals surface area contributed by atoms with Crippen molar-refractivity contribution in [2.45, 2.75) is 25.6 Å². The van der Waals surface area contributed by atoms with Crippen LogP contribution in [0.4, 0.5) is 18.0 Å². The van der Waals surface area contributed by atoms with E-state index in [0.29, 0.717) is 11.3 Å². The number of carbonyl (C=O) groups is 1. The lowest BCUT2D eigenvalue weighted by Gasteiger charge is -2.14. The van der Waals surface area contributed by atoms with Crippen molar-refractivity contribution in [2.24, 2.45) is 0 Å². The molecule has 0 atom stereocenters. The molecule has 0 radical (unpaired) electrons. The third-order valence-electron chi connectivity index (χ3n) is 5.41. The van der Waals surface area contributed by atoms with E-state index in [2.05, 4.69) is 9.72 Å². The Morgan fingerprint density at radius 3 is 2.22 bits per heavy atom. The van der Waals surface area contributed by atoms with Gasteiger partial charge in [0.05, 0.1) is 16.3 Å². The van der Waals surface area contributed by atoms with Gasteiger partial charge in [-0.25, -0.2) is 9.78 Å². The highest BCUT2D eigenvalue weighted by Crippen LogP contribution is 2.38. The number of ether oxygens (including phenoxy) is 1. The Labute approximate surface area is 209 Å². The maximum absolute atomic E-state index is 13.7. The van der Waals surface area contributed by atoms with E-state index in [1.807, 2.05) is 0 Å². The summed E-state index contributed by atoms with van der Waals surface area (Å²) in [6.07, 6.45) is -4.57. The van der Waals surface area contributed by atoms with E-state index in [0.717, 1.165) is 11.6 Å². The number of carboxylic acid groups (broad SMARTS) is 1. The molecule has 1 heterocycles. The monoisotopic (exact) mass is 516 g/mol. The number of aromatic nitrogens is 2. The first-order chi connectivity index (χ1) is 16.8. The minimum absolute atomic E-state index is 0.00456. The molecule has 6 nitrogen and oxygen atoms in total. The molecule has 0 unspecified atom stereocenters. The van der Waals surface area contributed by atoms with Gasteiger partial charge in [0.15, 0.2) is 5.75 Å². The first kappa shape index (κ1) is 25.3. The summed E-state index contributed by atoms with van der Waals surface area (Å²) in [6, 6.07) is 16.6. The predicted molar refractivity (Wildman–Crippen MR) is 128 cm³/mol. The second kappa shape index (κ2) is 9.33. The summed E-state index contributed by atoms with van der Waals surface area (Å²) in [4.78, 5) is 15.1. The standard InChI is InChI=1S/C26H20ClF3N2O4/c1-25(2,35)22-14-32(23(31-22)18-5-3-4-6-19(18)26(28,29)30)17-10-7-15(8-11-17)16-9-12-21(20(27)13-16)36-24(33)34/h3-14,35H,1-2H3,(H,33,34). The minimum Gasteiger partial charge on any atom is -0.449 e. The molecular formula is C26H20ClF3N2O4. The van der Waals surface area contributed by atoms with Crippen LogP contribution in [0.3, 0.4) is 0 Å². The number of hydrogen-bond acceptors (Lipinski definition) is 4. The molecule has 0 saturated carbocycles. The summed E-state index contributed by atoms with van der Waals surface area (Å²) in [7, 11) is 0. The molecule has 0 spiro atoms. The Bertz CT molecular complexity index is 1420. The number of benzene rings is 3. The van der Waals surface area contributed by atoms with Crippen molar-refractivity contribution in [3.63, 3.8) is 0 Å². The largest absolute Gasteiger partial charge is 0.511 e. The van der Waals surface area contributed by atoms with Crippen LogP contribution in [0.1, 0.15) is 25.1 Å². The summed E-state index contributed by atoms with van der Waals surface area (Å²) in [5.74, 6) is 0.0288. The van der Waals surface area contributed by atoms with Crippen LogP contribution in [0, 0.1) is 0 Å². The third-order valence-corrected chi connectivity index (χ3v) is 5.71. The van der Waals surface area contributed by atoms with Gasteiger partial charge in [0.1, 0.15) is 11.4 Å². The molecule has 0 aliphatic rings. The molecule has 0 aliphatic heterocycles. The highest BCUT2D eigenvalue weighted by Gasteiger charge is 2.35. The first-order valence-electron chi connectivity index (χ1n) is 10.6. The number of alkyl halides is 3. The summed E-state index contributed by atoms with van der Waals surface area (Å²) in [5, 5.41) is 19.4. The van der Waals surface area contributed by atoms with Crippen LogP contribution in [0.15, 0.2) is 72.9 Å². The van der Waals surface area contributed by atoms with E-state index in [1.165, 1.54) is 48.9 Å². The number of halogens is 4. The van der Waals surface area contributed by atoms with Crippen molar-refractivity contribution in [1.29, 1.82) is 0 Å². The number of hydrogen-bond donors (Lipinski definition) is 2. The van der Waals surface area contributed by atoms with Gasteiger partial charge >= 0.3 is 12.3 Å². The van der Waals surface area contributed by atoms with E-state index in [9.17, 15) is 23.1 Å². The van der Waals surface area contributed by atoms with Gasteiger partial charge in [-0.3, -0.25) is 4.57 Å². The number of nitrogens with zero attached hydrogens (tertiary/aromatic N) is 2. The molecule has 0 amide bonds. The summed E-state index contributed by atoms with van der Waals surface area (Å²) in [6.45, 7) is 3.01. The molecule has 0 aliphatic carbocycles. The van der Waals surface area contributed by atoms with E-state index in [4.69, 9.17) is 16.7 Å². The smallest absolute Gasteiger partial charge is 0.449 e. The van der Waals surface area contributed by atoms with Crippen LogP contribution in [0.25, 0.3) is 28.2 Å². The highest BCUT2D eigenvalue weighted by atomic mass is 35.5. The second-order valence-corrected chi connectivity index (χ2v) is 8.89. The fourth-order valence-electron chi connectivity index (χ4n) is 3.66. The molecule has 36 heavy (non-hydrogen) atoms. The Morgan fingerprint density at radius 2 is 1.64 bits per heavy atom. The van der Waals surface area contributed by atoms with Crippen LogP contribution >= 0.6 is 11.6 Å². The maximum atomic E-state index is 13.7. The normalized spacial score (nSPS) is 12.0. The van der Waals surface area contributed by atoms with Crippen LogP contribution < -0.4 is 4.74 Å². The van der Waals surface area contributed by atoms with Gasteiger partial charge in [-0.15, -0.1) is 0 Å². The summed E-state index contributed by atoms with van der Waals surface area (Å²) < 4.78 is 47.3. The zero-order valence-corrected chi connectivity index (χ0v) is 19.8. The van der Waals surface area contributed by atoms with Crippen LogP contribution in [0.2, 0.25) is 5.02 Å². The molecule has 186 valence electrons. The zero-order chi connectivity index (χ0) is 26.3. The summed E-state index contributed by atoms with van der Waals surface area (Å²) in [5.41, 5.74) is -0.217. The highest BCUT2D eigenvalue weighted by molar-refractivity contribution is 6.32. The molecule has 4 rings (SSSR count). The lowest BCUT2D eigenvalue weighted by atomic mass is 10.0. The van der Waals surface area contributed by atoms with Gasteiger partial charge < -0.3 is 14.9 Å². The van der Waals surface area contributed by atoms with Gasteiger partial charge in [0.25, 0.3) is 0 Å². The van der Waals surface area contributed by atoms with Crippen LogP contribution in [0.5, 0.6) is 5.75 Å². The Kier molecular flexibility index (Phi) is 6.55. The van der Waals surface area contributed by atoms with Gasteiger partial charge in [0, 0.05) is 17.4 Å². The Balaban J connectivity index is 1.78. The average molecular weight is 517 g/mol. The second-order valence-electron chi connectivity index (χ2n) is 8.48. The molecule has 0 bridgehead atoms. The van der Waals surface area contributed by atoms with Crippen molar-refractivity contribution in [2.75, 3.05) is 0 Å². The topological polar surface area (TPSA) is 84.6 Å². The van der Waals surface area contributed by atoms with Crippen LogP contribution in [-0.2, 0) is 11.8 Å². The average Bonchev–Trinajstić information content (AvgIpc) is 3.26. The van der Waals surface area contributed by atoms with E-state index in [-0.39, 0.29) is 27.9 Å². The fraction of sp³-hybridized carbons (Fsp3) is 0.154. The molecule has 0 fully saturated rings. The van der Waals surface area contributed by atoms with Crippen molar-refractivity contribution < 1.29 is 32.9 Å². The van der Waals surface area contributed by atoms with Crippen LogP contribution in [-0.4, -0.2) is 25.9 Å². The van der Waals surface area contributed by atoms with Crippen molar-refractivity contribution in [1.82, 2.24) is 9.55 Å². The number of imidazole rings is 1. The molecule has 4 aromatic rings. The lowest BCUT2D eigenvalue weighted by Crippen LogP contribution is -2.15. The molecule has 3 aromatic carbocycles. The lowest BCUT2D eigenvalue weighted by molar-refractivity contribution is -0.137. The van der Waals surface area contributed by atoms with Crippen molar-refractivity contribution in [3.8, 4) is 34.0 Å². The molecular weight excluding hydrogens is 497 g/mol. The Morgan fingerprint density at radius 1 is 1.00 bits per heavy atom. The van der Waals surface area contributed by atoms with Crippen molar-refractivity contribution >= 4 is 17.8 Å². The molecule has 2 N–H and O–H groups in total. The zero-order valence-electron chi connectivity index (χ0n) is 19.0. The number of aliphatic hydroxyl groups is 1. The molecule has 10 heteroatoms. The van der Waals surface area contributed by atoms with Gasteiger partial charge in [-0.2, -0.15) is 13.2 Å². The SMILES string of the molecule is CC(C)(O)c1cn(-c2ccc(-c3ccc(OC(=O)O)c(Cl)c3)cc2)c(-c2ccccc2C(F)(F)F)n1.